The molecular weight excluding hydrogens is 340 g/mol. The van der Waals surface area contributed by atoms with Gasteiger partial charge in [0.25, 0.3) is 0 Å². The van der Waals surface area contributed by atoms with Gasteiger partial charge in [-0.3, -0.25) is 0 Å². The van der Waals surface area contributed by atoms with Crippen molar-refractivity contribution in [1.82, 2.24) is 4.98 Å². The molecule has 0 aliphatic heterocycles. The molecule has 1 aliphatic carbocycles. The van der Waals surface area contributed by atoms with Crippen molar-refractivity contribution in [2.24, 2.45) is 0 Å². The van der Waals surface area contributed by atoms with Gasteiger partial charge in [-0.15, -0.1) is 0 Å². The maximum absolute atomic E-state index is 11.6. The average molecular weight is 356 g/mol. The number of hydrogen-bond donors (Lipinski definition) is 1. The number of aromatic nitrogens is 1. The maximum atomic E-state index is 11.6. The zero-order chi connectivity index (χ0) is 19.7. The third-order valence-corrected chi connectivity index (χ3v) is 4.63. The molecule has 2 aromatic rings. The number of nitrogens with two attached hydrogens (primary N) is 1. The molecule has 1 aromatic heterocycles. The molecule has 2 N–H and O–H groups in total. The third-order valence-electron chi connectivity index (χ3n) is 4.63. The van der Waals surface area contributed by atoms with E-state index in [-0.39, 0.29) is 5.82 Å². The van der Waals surface area contributed by atoms with Crippen LogP contribution in [0.4, 0.5) is 5.82 Å². The van der Waals surface area contributed by atoms with Gasteiger partial charge in [0.15, 0.2) is 0 Å². The molecule has 1 heterocycles. The number of nitrogen functional groups attached to an aromatic ring is 1. The molecule has 27 heavy (non-hydrogen) atoms. The first kappa shape index (κ1) is 17.9. The number of carbonyl (C=O) groups excluding carboxylic acids is 1. The van der Waals surface area contributed by atoms with E-state index in [0.717, 1.165) is 22.3 Å². The Morgan fingerprint density at radius 1 is 1.19 bits per heavy atom. The Morgan fingerprint density at radius 3 is 2.41 bits per heavy atom. The molecule has 6 nitrogen and oxygen atoms in total. The molecule has 1 aliphatic rings. The number of benzene rings is 1. The molecule has 0 fully saturated rings. The van der Waals surface area contributed by atoms with Crippen LogP contribution in [-0.2, 0) is 4.74 Å². The zero-order valence-corrected chi connectivity index (χ0v) is 15.1. The summed E-state index contributed by atoms with van der Waals surface area (Å²) in [6.45, 7) is 3.65. The van der Waals surface area contributed by atoms with Crippen LogP contribution in [0.3, 0.4) is 0 Å². The fourth-order valence-electron chi connectivity index (χ4n) is 3.20. The Hall–Kier alpha value is -3.90. The number of esters is 1. The lowest BCUT2D eigenvalue weighted by Gasteiger charge is -2.11. The number of nitrogens with zero attached hydrogens (tertiary/aromatic N) is 3. The minimum absolute atomic E-state index is 0.123. The van der Waals surface area contributed by atoms with Crippen molar-refractivity contribution in [3.8, 4) is 12.1 Å². The van der Waals surface area contributed by atoms with Gasteiger partial charge in [0.05, 0.1) is 29.5 Å². The molecule has 0 amide bonds. The van der Waals surface area contributed by atoms with Crippen LogP contribution in [0.1, 0.15) is 45.2 Å². The van der Waals surface area contributed by atoms with E-state index >= 15 is 0 Å². The summed E-state index contributed by atoms with van der Waals surface area (Å²) in [6, 6.07) is 11.2. The number of nitriles is 2. The normalized spacial score (nSPS) is 13.9. The van der Waals surface area contributed by atoms with Crippen molar-refractivity contribution in [2.45, 2.75) is 13.8 Å². The molecule has 6 heteroatoms. The van der Waals surface area contributed by atoms with Crippen molar-refractivity contribution >= 4 is 29.0 Å². The lowest BCUT2D eigenvalue weighted by Crippen LogP contribution is -2.03. The minimum atomic E-state index is -0.405. The van der Waals surface area contributed by atoms with E-state index in [4.69, 9.17) is 10.5 Å². The number of ether oxygens (including phenoxy) is 1. The minimum Gasteiger partial charge on any atom is -0.465 e. The second-order valence-electron chi connectivity index (χ2n) is 6.12. The van der Waals surface area contributed by atoms with Crippen molar-refractivity contribution in [2.75, 3.05) is 12.8 Å². The van der Waals surface area contributed by atoms with Crippen molar-refractivity contribution in [3.05, 3.63) is 63.3 Å². The topological polar surface area (TPSA) is 113 Å². The fourth-order valence-corrected chi connectivity index (χ4v) is 3.20. The van der Waals surface area contributed by atoms with Crippen molar-refractivity contribution in [3.63, 3.8) is 0 Å². The summed E-state index contributed by atoms with van der Waals surface area (Å²) in [6.07, 6.45) is 1.91. The lowest BCUT2D eigenvalue weighted by atomic mass is 9.95. The monoisotopic (exact) mass is 356 g/mol. The van der Waals surface area contributed by atoms with Crippen LogP contribution in [0, 0.1) is 29.6 Å². The van der Waals surface area contributed by atoms with E-state index in [9.17, 15) is 15.3 Å². The number of carbonyl (C=O) groups is 1. The highest BCUT2D eigenvalue weighted by molar-refractivity contribution is 6.08. The van der Waals surface area contributed by atoms with E-state index in [2.05, 4.69) is 17.1 Å². The van der Waals surface area contributed by atoms with E-state index in [1.165, 1.54) is 7.11 Å². The van der Waals surface area contributed by atoms with E-state index in [1.54, 1.807) is 31.2 Å². The van der Waals surface area contributed by atoms with Crippen LogP contribution in [0.15, 0.2) is 29.8 Å². The summed E-state index contributed by atoms with van der Waals surface area (Å²) in [5, 5.41) is 19.0. The van der Waals surface area contributed by atoms with Gasteiger partial charge < -0.3 is 10.5 Å². The SMILES string of the molecule is COC(=O)c1ccc(C=C2C(C)=C(C#N)c3nc(N)c(C#N)c(C)c32)cc1. The Bertz CT molecular complexity index is 1110. The molecule has 0 radical (unpaired) electrons. The quantitative estimate of drug-likeness (QED) is 0.824. The van der Waals surface area contributed by atoms with E-state index in [1.807, 2.05) is 13.0 Å². The van der Waals surface area contributed by atoms with Gasteiger partial charge in [0, 0.05) is 5.56 Å². The molecule has 1 aromatic carbocycles. The van der Waals surface area contributed by atoms with Crippen LogP contribution >= 0.6 is 0 Å². The Morgan fingerprint density at radius 2 is 1.85 bits per heavy atom. The predicted molar refractivity (Wildman–Crippen MR) is 102 cm³/mol. The maximum Gasteiger partial charge on any atom is 0.337 e. The first-order chi connectivity index (χ1) is 12.9. The fraction of sp³-hybridized carbons (Fsp3) is 0.143. The highest BCUT2D eigenvalue weighted by atomic mass is 16.5. The molecule has 132 valence electrons. The number of methoxy groups -OCH3 is 1. The molecule has 0 saturated heterocycles. The molecule has 0 unspecified atom stereocenters. The lowest BCUT2D eigenvalue weighted by molar-refractivity contribution is 0.0600. The molecule has 0 bridgehead atoms. The van der Waals surface area contributed by atoms with Crippen molar-refractivity contribution in [1.29, 1.82) is 10.5 Å². The van der Waals surface area contributed by atoms with Crippen LogP contribution in [-0.4, -0.2) is 18.1 Å². The highest BCUT2D eigenvalue weighted by Gasteiger charge is 2.29. The summed E-state index contributed by atoms with van der Waals surface area (Å²) >= 11 is 0. The summed E-state index contributed by atoms with van der Waals surface area (Å²) < 4.78 is 4.71. The third kappa shape index (κ3) is 2.84. The number of fused-ring (bicyclic) bond motifs is 1. The van der Waals surface area contributed by atoms with Crippen molar-refractivity contribution < 1.29 is 9.53 Å². The number of hydrogen-bond acceptors (Lipinski definition) is 6. The van der Waals surface area contributed by atoms with Crippen LogP contribution in [0.25, 0.3) is 17.2 Å². The van der Waals surface area contributed by atoms with E-state index < -0.39 is 5.97 Å². The van der Waals surface area contributed by atoms with Gasteiger partial charge in [-0.1, -0.05) is 12.1 Å². The van der Waals surface area contributed by atoms with Gasteiger partial charge in [-0.2, -0.15) is 10.5 Å². The number of allylic oxidation sites excluding steroid dienone is 3. The Labute approximate surface area is 156 Å². The number of anilines is 1. The molecule has 3 rings (SSSR count). The summed E-state index contributed by atoms with van der Waals surface area (Å²) in [5.41, 5.74) is 11.5. The first-order valence-corrected chi connectivity index (χ1v) is 8.15. The average Bonchev–Trinajstić information content (AvgIpc) is 2.93. The predicted octanol–water partition coefficient (Wildman–Crippen LogP) is 3.48. The van der Waals surface area contributed by atoms with Gasteiger partial charge in [0.2, 0.25) is 0 Å². The zero-order valence-electron chi connectivity index (χ0n) is 15.1. The Kier molecular flexibility index (Phi) is 4.50. The van der Waals surface area contributed by atoms with Gasteiger partial charge in [0.1, 0.15) is 18.0 Å². The number of pyridine rings is 1. The van der Waals surface area contributed by atoms with Gasteiger partial charge in [-0.25, -0.2) is 9.78 Å². The largest absolute Gasteiger partial charge is 0.465 e. The van der Waals surface area contributed by atoms with Gasteiger partial charge >= 0.3 is 5.97 Å². The first-order valence-electron chi connectivity index (χ1n) is 8.15. The molecule has 0 spiro atoms. The summed E-state index contributed by atoms with van der Waals surface area (Å²) in [5.74, 6) is -0.282. The second kappa shape index (κ2) is 6.78. The van der Waals surface area contributed by atoms with E-state index in [0.29, 0.717) is 28.0 Å². The summed E-state index contributed by atoms with van der Waals surface area (Å²) in [4.78, 5) is 15.9. The summed E-state index contributed by atoms with van der Waals surface area (Å²) in [7, 11) is 1.33. The number of rotatable bonds is 2. The Balaban J connectivity index is 2.19. The second-order valence-corrected chi connectivity index (χ2v) is 6.12. The molecule has 0 atom stereocenters. The molecular formula is C21H16N4O2. The van der Waals surface area contributed by atoms with Gasteiger partial charge in [-0.05, 0) is 54.3 Å². The standard InChI is InChI=1S/C21H16N4O2/c1-11-15(8-13-4-6-14(7-5-13)21(26)27-3)18-12(2)17(10-23)20(24)25-19(18)16(11)9-22/h4-8H,1-3H3,(H2,24,25). The molecule has 0 saturated carbocycles. The van der Waals surface area contributed by atoms with Crippen LogP contribution < -0.4 is 5.73 Å². The van der Waals surface area contributed by atoms with Crippen LogP contribution in [0.2, 0.25) is 0 Å². The van der Waals surface area contributed by atoms with Crippen LogP contribution in [0.5, 0.6) is 0 Å². The highest BCUT2D eigenvalue weighted by Crippen LogP contribution is 2.44. The smallest absolute Gasteiger partial charge is 0.337 e.